The highest BCUT2D eigenvalue weighted by Crippen LogP contribution is 2.36. The van der Waals surface area contributed by atoms with Crippen molar-refractivity contribution >= 4 is 5.91 Å². The first-order valence-corrected chi connectivity index (χ1v) is 8.63. The maximum atomic E-state index is 12.7. The number of ether oxygens (including phenoxy) is 2. The largest absolute Gasteiger partial charge is 0.486 e. The summed E-state index contributed by atoms with van der Waals surface area (Å²) >= 11 is 0. The van der Waals surface area contributed by atoms with E-state index in [1.54, 1.807) is 29.3 Å². The number of carbonyl (C=O) groups excluding carboxylic acids is 1. The lowest BCUT2D eigenvalue weighted by molar-refractivity contribution is -0.0454. The van der Waals surface area contributed by atoms with Crippen molar-refractivity contribution in [3.63, 3.8) is 0 Å². The number of carbonyl (C=O) groups is 1. The summed E-state index contributed by atoms with van der Waals surface area (Å²) in [5.74, 6) is 0.727. The van der Waals surface area contributed by atoms with Gasteiger partial charge in [0.15, 0.2) is 0 Å². The molecule has 0 saturated carbocycles. The van der Waals surface area contributed by atoms with Crippen molar-refractivity contribution in [2.45, 2.75) is 31.0 Å². The van der Waals surface area contributed by atoms with Gasteiger partial charge in [-0.1, -0.05) is 0 Å². The highest BCUT2D eigenvalue weighted by Gasteiger charge is 2.45. The Kier molecular flexibility index (Phi) is 4.17. The number of piperidine rings is 1. The van der Waals surface area contributed by atoms with Gasteiger partial charge in [-0.05, 0) is 31.0 Å². The molecule has 25 heavy (non-hydrogen) atoms. The van der Waals surface area contributed by atoms with Crippen molar-refractivity contribution < 1.29 is 14.3 Å². The van der Waals surface area contributed by atoms with Crippen LogP contribution in [0.15, 0.2) is 36.8 Å². The monoisotopic (exact) mass is 342 g/mol. The topological polar surface area (TPSA) is 69.5 Å². The zero-order chi connectivity index (χ0) is 17.3. The Bertz CT molecular complexity index is 748. The zero-order valence-electron chi connectivity index (χ0n) is 14.3. The minimum absolute atomic E-state index is 0.00546. The summed E-state index contributed by atoms with van der Waals surface area (Å²) in [6, 6.07) is 5.51. The fourth-order valence-electron chi connectivity index (χ4n) is 3.73. The van der Waals surface area contributed by atoms with Gasteiger partial charge in [0.05, 0.1) is 24.9 Å². The van der Waals surface area contributed by atoms with Gasteiger partial charge in [-0.3, -0.25) is 14.5 Å². The van der Waals surface area contributed by atoms with E-state index in [2.05, 4.69) is 10.1 Å². The second-order valence-electron chi connectivity index (χ2n) is 6.83. The van der Waals surface area contributed by atoms with Crippen LogP contribution in [0.1, 0.15) is 29.8 Å². The van der Waals surface area contributed by atoms with E-state index < -0.39 is 0 Å². The van der Waals surface area contributed by atoms with Crippen LogP contribution in [0.2, 0.25) is 0 Å². The second-order valence-corrected chi connectivity index (χ2v) is 6.83. The molecule has 4 rings (SSSR count). The van der Waals surface area contributed by atoms with Crippen LogP contribution >= 0.6 is 0 Å². The third kappa shape index (κ3) is 3.37. The van der Waals surface area contributed by atoms with Gasteiger partial charge in [0, 0.05) is 32.4 Å². The Balaban J connectivity index is 1.41. The highest BCUT2D eigenvalue weighted by atomic mass is 16.6. The number of amides is 1. The summed E-state index contributed by atoms with van der Waals surface area (Å²) in [6.45, 7) is 1.88. The standard InChI is InChI=1S/C18H22N4O3/c1-21-9-5-16(20-21)17(23)22-8-3-6-18(13-22)10-15(12-24-18)25-14-4-2-7-19-11-14/h2,4-5,7,9,11,15H,3,6,8,10,12-13H2,1H3/t15-,18+/m0/s1. The Hall–Kier alpha value is -2.41. The molecular formula is C18H22N4O3. The predicted molar refractivity (Wildman–Crippen MR) is 90.3 cm³/mol. The van der Waals surface area contributed by atoms with E-state index in [0.717, 1.165) is 31.6 Å². The Morgan fingerprint density at radius 3 is 3.12 bits per heavy atom. The predicted octanol–water partition coefficient (Wildman–Crippen LogP) is 1.66. The Morgan fingerprint density at radius 1 is 1.44 bits per heavy atom. The van der Waals surface area contributed by atoms with Crippen LogP contribution in [0.25, 0.3) is 0 Å². The molecule has 1 spiro atoms. The molecule has 7 nitrogen and oxygen atoms in total. The molecule has 2 atom stereocenters. The van der Waals surface area contributed by atoms with Gasteiger partial charge in [-0.2, -0.15) is 5.10 Å². The minimum atomic E-state index is -0.310. The van der Waals surface area contributed by atoms with Crippen molar-refractivity contribution in [3.8, 4) is 5.75 Å². The Labute approximate surface area is 146 Å². The number of pyridine rings is 1. The van der Waals surface area contributed by atoms with E-state index in [9.17, 15) is 4.79 Å². The van der Waals surface area contributed by atoms with Crippen LogP contribution in [0.4, 0.5) is 0 Å². The van der Waals surface area contributed by atoms with Crippen molar-refractivity contribution in [2.75, 3.05) is 19.7 Å². The highest BCUT2D eigenvalue weighted by molar-refractivity contribution is 5.92. The second kappa shape index (κ2) is 6.48. The van der Waals surface area contributed by atoms with Crippen molar-refractivity contribution in [1.29, 1.82) is 0 Å². The number of likely N-dealkylation sites (tertiary alicyclic amines) is 1. The summed E-state index contributed by atoms with van der Waals surface area (Å²) in [5.41, 5.74) is 0.177. The fraction of sp³-hybridized carbons (Fsp3) is 0.500. The summed E-state index contributed by atoms with van der Waals surface area (Å²) in [7, 11) is 1.81. The molecule has 2 aliphatic rings. The number of hydrogen-bond acceptors (Lipinski definition) is 5. The van der Waals surface area contributed by atoms with Crippen LogP contribution in [0.3, 0.4) is 0 Å². The van der Waals surface area contributed by atoms with E-state index >= 15 is 0 Å². The average molecular weight is 342 g/mol. The molecule has 132 valence electrons. The SMILES string of the molecule is Cn1ccc(C(=O)N2CCC[C@@]3(C[C@H](Oc4cccnc4)CO3)C2)n1. The molecule has 2 saturated heterocycles. The van der Waals surface area contributed by atoms with Gasteiger partial charge in [-0.15, -0.1) is 0 Å². The van der Waals surface area contributed by atoms with Gasteiger partial charge >= 0.3 is 0 Å². The molecule has 0 aromatic carbocycles. The average Bonchev–Trinajstić information content (AvgIpc) is 3.22. The molecular weight excluding hydrogens is 320 g/mol. The van der Waals surface area contributed by atoms with Gasteiger partial charge in [0.2, 0.25) is 0 Å². The first-order chi connectivity index (χ1) is 12.1. The number of rotatable bonds is 3. The van der Waals surface area contributed by atoms with Gasteiger partial charge in [0.1, 0.15) is 17.5 Å². The normalized spacial score (nSPS) is 26.1. The summed E-state index contributed by atoms with van der Waals surface area (Å²) in [5, 5.41) is 4.22. The molecule has 0 unspecified atom stereocenters. The lowest BCUT2D eigenvalue weighted by Crippen LogP contribution is -2.50. The molecule has 2 aromatic heterocycles. The van der Waals surface area contributed by atoms with Crippen molar-refractivity contribution in [2.24, 2.45) is 7.05 Å². The number of aryl methyl sites for hydroxylation is 1. The van der Waals surface area contributed by atoms with Gasteiger partial charge in [0.25, 0.3) is 5.91 Å². The lowest BCUT2D eigenvalue weighted by atomic mass is 9.89. The zero-order valence-corrected chi connectivity index (χ0v) is 14.3. The molecule has 0 radical (unpaired) electrons. The van der Waals surface area contributed by atoms with Gasteiger partial charge in [-0.25, -0.2) is 0 Å². The third-order valence-electron chi connectivity index (χ3n) is 4.87. The first kappa shape index (κ1) is 16.1. The molecule has 0 N–H and O–H groups in total. The number of nitrogens with zero attached hydrogens (tertiary/aromatic N) is 4. The first-order valence-electron chi connectivity index (χ1n) is 8.63. The molecule has 7 heteroatoms. The van der Waals surface area contributed by atoms with Crippen LogP contribution in [-0.4, -0.2) is 57.0 Å². The van der Waals surface area contributed by atoms with E-state index in [1.165, 1.54) is 0 Å². The van der Waals surface area contributed by atoms with E-state index in [-0.39, 0.29) is 17.6 Å². The van der Waals surface area contributed by atoms with E-state index in [1.807, 2.05) is 24.1 Å². The third-order valence-corrected chi connectivity index (χ3v) is 4.87. The van der Waals surface area contributed by atoms with Crippen molar-refractivity contribution in [3.05, 3.63) is 42.5 Å². The molecule has 2 aromatic rings. The maximum Gasteiger partial charge on any atom is 0.274 e. The lowest BCUT2D eigenvalue weighted by Gasteiger charge is -2.39. The molecule has 0 bridgehead atoms. The summed E-state index contributed by atoms with van der Waals surface area (Å²) < 4.78 is 13.8. The van der Waals surface area contributed by atoms with Crippen molar-refractivity contribution in [1.82, 2.24) is 19.7 Å². The molecule has 4 heterocycles. The smallest absolute Gasteiger partial charge is 0.274 e. The summed E-state index contributed by atoms with van der Waals surface area (Å²) in [4.78, 5) is 18.6. The Morgan fingerprint density at radius 2 is 2.36 bits per heavy atom. The minimum Gasteiger partial charge on any atom is -0.486 e. The number of aromatic nitrogens is 3. The van der Waals surface area contributed by atoms with Crippen LogP contribution in [0.5, 0.6) is 5.75 Å². The van der Waals surface area contributed by atoms with Crippen LogP contribution in [-0.2, 0) is 11.8 Å². The molecule has 0 aliphatic carbocycles. The quantitative estimate of drug-likeness (QED) is 0.848. The van der Waals surface area contributed by atoms with Gasteiger partial charge < -0.3 is 14.4 Å². The number of hydrogen-bond donors (Lipinski definition) is 0. The molecule has 2 fully saturated rings. The van der Waals surface area contributed by atoms with Crippen LogP contribution in [0, 0.1) is 0 Å². The molecule has 1 amide bonds. The van der Waals surface area contributed by atoms with E-state index in [0.29, 0.717) is 18.8 Å². The fourth-order valence-corrected chi connectivity index (χ4v) is 3.73. The molecule has 2 aliphatic heterocycles. The van der Waals surface area contributed by atoms with Crippen LogP contribution < -0.4 is 4.74 Å². The van der Waals surface area contributed by atoms with E-state index in [4.69, 9.17) is 9.47 Å². The summed E-state index contributed by atoms with van der Waals surface area (Å²) in [6.07, 6.45) is 7.88. The maximum absolute atomic E-state index is 12.7.